The molecule has 1 aliphatic heterocycles. The number of aryl methyl sites for hydroxylation is 1. The van der Waals surface area contributed by atoms with Gasteiger partial charge in [-0.25, -0.2) is 13.7 Å². The molecule has 1 saturated heterocycles. The van der Waals surface area contributed by atoms with Crippen molar-refractivity contribution in [1.29, 1.82) is 0 Å². The van der Waals surface area contributed by atoms with Gasteiger partial charge in [-0.15, -0.1) is 0 Å². The number of amides is 2. The fraction of sp³-hybridized carbons (Fsp3) is 0.452. The Hall–Kier alpha value is -3.40. The van der Waals surface area contributed by atoms with Crippen molar-refractivity contribution in [3.63, 3.8) is 0 Å². The number of carbonyl (C=O) groups is 2. The van der Waals surface area contributed by atoms with Crippen LogP contribution in [-0.4, -0.2) is 55.9 Å². The number of benzene rings is 1. The van der Waals surface area contributed by atoms with Crippen LogP contribution in [0.25, 0.3) is 27.8 Å². The van der Waals surface area contributed by atoms with Crippen molar-refractivity contribution < 1.29 is 18.7 Å². The summed E-state index contributed by atoms with van der Waals surface area (Å²) in [7, 11) is 0. The van der Waals surface area contributed by atoms with E-state index in [2.05, 4.69) is 44.8 Å². The zero-order valence-electron chi connectivity index (χ0n) is 23.7. The summed E-state index contributed by atoms with van der Waals surface area (Å²) < 4.78 is 25.3. The Labute approximate surface area is 246 Å². The first kappa shape index (κ1) is 27.8. The predicted octanol–water partition coefficient (Wildman–Crippen LogP) is 6.50. The quantitative estimate of drug-likeness (QED) is 0.274. The Morgan fingerprint density at radius 2 is 1.90 bits per heavy atom. The molecule has 8 nitrogen and oxygen atoms in total. The average Bonchev–Trinajstić information content (AvgIpc) is 3.57. The second-order valence-corrected chi connectivity index (χ2v) is 13.5. The van der Waals surface area contributed by atoms with E-state index in [4.69, 9.17) is 15.6 Å². The van der Waals surface area contributed by atoms with Gasteiger partial charge in [0.15, 0.2) is 0 Å². The zero-order valence-corrected chi connectivity index (χ0v) is 25.3. The number of primary amides is 1. The van der Waals surface area contributed by atoms with Crippen molar-refractivity contribution >= 4 is 44.3 Å². The SMILES string of the molecule is Cc1c(-c2cc3ccc(Br)cc3n2CC2CC2)nn2cc(C(=O)N3C[C@H](F)C[C@@H](OC(N)=O)C3C(C)(C)C)ccc12. The van der Waals surface area contributed by atoms with Crippen LogP contribution in [0.1, 0.15) is 56.0 Å². The summed E-state index contributed by atoms with van der Waals surface area (Å²) in [6.45, 7) is 8.73. The molecule has 1 aromatic carbocycles. The smallest absolute Gasteiger partial charge is 0.404 e. The fourth-order valence-electron chi connectivity index (χ4n) is 6.37. The summed E-state index contributed by atoms with van der Waals surface area (Å²) in [5.74, 6) is 0.335. The molecule has 4 heterocycles. The van der Waals surface area contributed by atoms with Gasteiger partial charge >= 0.3 is 6.09 Å². The maximum atomic E-state index is 14.9. The molecule has 1 aliphatic carbocycles. The lowest BCUT2D eigenvalue weighted by atomic mass is 9.78. The third kappa shape index (κ3) is 5.22. The van der Waals surface area contributed by atoms with E-state index in [-0.39, 0.29) is 18.9 Å². The number of aromatic nitrogens is 3. The first-order valence-electron chi connectivity index (χ1n) is 14.1. The minimum Gasteiger partial charge on any atom is -0.444 e. The van der Waals surface area contributed by atoms with Crippen LogP contribution in [0.2, 0.25) is 0 Å². The van der Waals surface area contributed by atoms with Gasteiger partial charge in [-0.3, -0.25) is 4.79 Å². The molecule has 3 aromatic heterocycles. The molecule has 2 amide bonds. The van der Waals surface area contributed by atoms with Gasteiger partial charge in [0.05, 0.1) is 29.4 Å². The maximum absolute atomic E-state index is 14.9. The minimum atomic E-state index is -1.34. The van der Waals surface area contributed by atoms with Gasteiger partial charge in [0.25, 0.3) is 5.91 Å². The average molecular weight is 625 g/mol. The van der Waals surface area contributed by atoms with E-state index in [9.17, 15) is 14.0 Å². The molecule has 0 bridgehead atoms. The summed E-state index contributed by atoms with van der Waals surface area (Å²) in [5, 5.41) is 6.12. The van der Waals surface area contributed by atoms with Crippen LogP contribution >= 0.6 is 15.9 Å². The molecule has 2 N–H and O–H groups in total. The van der Waals surface area contributed by atoms with E-state index in [0.29, 0.717) is 11.5 Å². The van der Waals surface area contributed by atoms with E-state index in [1.807, 2.05) is 33.8 Å². The molecule has 0 radical (unpaired) electrons. The molecule has 1 saturated carbocycles. The van der Waals surface area contributed by atoms with Gasteiger partial charge in [0.2, 0.25) is 0 Å². The Morgan fingerprint density at radius 3 is 2.59 bits per heavy atom. The van der Waals surface area contributed by atoms with Gasteiger partial charge in [-0.05, 0) is 61.4 Å². The molecule has 3 atom stereocenters. The standard InChI is InChI=1S/C31H35BrFN5O3/c1-17-23-10-8-20(29(39)37-16-22(33)13-26(41-30(34)40)28(37)31(2,3)4)15-38(23)35-27(17)25-11-19-7-9-21(32)12-24(19)36(25)14-18-5-6-18/h7-12,15,18,22,26,28H,5-6,13-14,16H2,1-4H3,(H2,34,40)/t22-,26-,28?/m1/s1. The lowest BCUT2D eigenvalue weighted by Crippen LogP contribution is -2.61. The molecule has 1 unspecified atom stereocenters. The number of carbonyl (C=O) groups excluding carboxylic acids is 2. The Balaban J connectivity index is 1.39. The summed E-state index contributed by atoms with van der Waals surface area (Å²) in [4.78, 5) is 27.0. The van der Waals surface area contributed by atoms with Crippen molar-refractivity contribution in [1.82, 2.24) is 19.1 Å². The first-order valence-corrected chi connectivity index (χ1v) is 14.9. The summed E-state index contributed by atoms with van der Waals surface area (Å²) in [5.41, 5.74) is 10.2. The van der Waals surface area contributed by atoms with Crippen LogP contribution in [0.3, 0.4) is 0 Å². The highest BCUT2D eigenvalue weighted by molar-refractivity contribution is 9.10. The lowest BCUT2D eigenvalue weighted by molar-refractivity contribution is -0.0571. The number of pyridine rings is 1. The second-order valence-electron chi connectivity index (χ2n) is 12.6. The topological polar surface area (TPSA) is 94.9 Å². The number of hydrogen-bond acceptors (Lipinski definition) is 4. The molecule has 6 rings (SSSR count). The van der Waals surface area contributed by atoms with E-state index in [1.54, 1.807) is 16.8 Å². The van der Waals surface area contributed by atoms with Gasteiger partial charge in [-0.1, -0.05) is 42.8 Å². The van der Waals surface area contributed by atoms with Crippen LogP contribution in [0.4, 0.5) is 9.18 Å². The highest BCUT2D eigenvalue weighted by Gasteiger charge is 2.46. The number of fused-ring (bicyclic) bond motifs is 2. The molecule has 2 fully saturated rings. The van der Waals surface area contributed by atoms with Crippen molar-refractivity contribution in [2.75, 3.05) is 6.54 Å². The number of halogens is 2. The summed E-state index contributed by atoms with van der Waals surface area (Å²) in [6.07, 6.45) is 1.04. The lowest BCUT2D eigenvalue weighted by Gasteiger charge is -2.47. The molecule has 2 aliphatic rings. The Morgan fingerprint density at radius 1 is 1.15 bits per heavy atom. The third-order valence-corrected chi connectivity index (χ3v) is 8.85. The van der Waals surface area contributed by atoms with E-state index >= 15 is 0 Å². The van der Waals surface area contributed by atoms with Crippen molar-refractivity contribution in [3.8, 4) is 11.4 Å². The predicted molar refractivity (Wildman–Crippen MR) is 160 cm³/mol. The molecular weight excluding hydrogens is 589 g/mol. The van der Waals surface area contributed by atoms with Crippen LogP contribution in [0, 0.1) is 18.3 Å². The Kier molecular flexibility index (Phi) is 6.87. The van der Waals surface area contributed by atoms with E-state index in [1.165, 1.54) is 23.3 Å². The van der Waals surface area contributed by atoms with Crippen molar-refractivity contribution in [2.24, 2.45) is 17.1 Å². The molecule has 41 heavy (non-hydrogen) atoms. The highest BCUT2D eigenvalue weighted by Crippen LogP contribution is 2.39. The largest absolute Gasteiger partial charge is 0.444 e. The van der Waals surface area contributed by atoms with Gasteiger partial charge in [0.1, 0.15) is 18.0 Å². The summed E-state index contributed by atoms with van der Waals surface area (Å²) in [6, 6.07) is 11.6. The fourth-order valence-corrected chi connectivity index (χ4v) is 6.72. The first-order chi connectivity index (χ1) is 19.4. The number of piperidine rings is 1. The number of hydrogen-bond donors (Lipinski definition) is 1. The van der Waals surface area contributed by atoms with Crippen LogP contribution in [0.15, 0.2) is 47.1 Å². The normalized spacial score (nSPS) is 21.5. The van der Waals surface area contributed by atoms with Gasteiger partial charge in [0, 0.05) is 40.1 Å². The third-order valence-electron chi connectivity index (χ3n) is 8.36. The molecular formula is C31H35BrFN5O3. The minimum absolute atomic E-state index is 0.000825. The van der Waals surface area contributed by atoms with Crippen molar-refractivity contribution in [3.05, 3.63) is 58.2 Å². The number of nitrogens with zero attached hydrogens (tertiary/aromatic N) is 4. The molecule has 0 spiro atoms. The molecule has 4 aromatic rings. The van der Waals surface area contributed by atoms with E-state index < -0.39 is 29.8 Å². The van der Waals surface area contributed by atoms with Crippen LogP contribution < -0.4 is 5.73 Å². The second kappa shape index (κ2) is 10.2. The monoisotopic (exact) mass is 623 g/mol. The van der Waals surface area contributed by atoms with Gasteiger partial charge in [-0.2, -0.15) is 5.10 Å². The maximum Gasteiger partial charge on any atom is 0.404 e. The number of likely N-dealkylation sites (tertiary alicyclic amines) is 1. The van der Waals surface area contributed by atoms with Crippen LogP contribution in [0.5, 0.6) is 0 Å². The number of nitrogens with two attached hydrogens (primary N) is 1. The number of ether oxygens (including phenoxy) is 1. The van der Waals surface area contributed by atoms with Crippen molar-refractivity contribution in [2.45, 2.75) is 71.8 Å². The summed E-state index contributed by atoms with van der Waals surface area (Å²) >= 11 is 3.62. The molecule has 216 valence electrons. The Bertz CT molecular complexity index is 1670. The van der Waals surface area contributed by atoms with E-state index in [0.717, 1.165) is 38.9 Å². The zero-order chi connectivity index (χ0) is 29.2. The molecule has 10 heteroatoms. The number of rotatable bonds is 5. The van der Waals surface area contributed by atoms with Crippen LogP contribution in [-0.2, 0) is 11.3 Å². The van der Waals surface area contributed by atoms with Gasteiger partial charge < -0.3 is 19.9 Å². The number of alkyl halides is 1. The highest BCUT2D eigenvalue weighted by atomic mass is 79.9.